The van der Waals surface area contributed by atoms with Gasteiger partial charge in [-0.05, 0) is 55.2 Å². The smallest absolute Gasteiger partial charge is 0.252 e. The van der Waals surface area contributed by atoms with E-state index < -0.39 is 5.54 Å². The highest BCUT2D eigenvalue weighted by Crippen LogP contribution is 2.30. The van der Waals surface area contributed by atoms with Gasteiger partial charge >= 0.3 is 0 Å². The number of amides is 1. The molecule has 1 N–H and O–H groups in total. The van der Waals surface area contributed by atoms with E-state index in [1.54, 1.807) is 23.9 Å². The van der Waals surface area contributed by atoms with Crippen molar-refractivity contribution in [2.24, 2.45) is 5.92 Å². The summed E-state index contributed by atoms with van der Waals surface area (Å²) < 4.78 is 5.65. The lowest BCUT2D eigenvalue weighted by Gasteiger charge is -2.21. The highest BCUT2D eigenvalue weighted by atomic mass is 32.2. The first-order chi connectivity index (χ1) is 10.2. The van der Waals surface area contributed by atoms with E-state index in [4.69, 9.17) is 4.74 Å². The van der Waals surface area contributed by atoms with Crippen LogP contribution in [0.4, 0.5) is 0 Å². The first-order valence-corrected chi connectivity index (χ1v) is 8.41. The molecule has 3 rings (SSSR count). The summed E-state index contributed by atoms with van der Waals surface area (Å²) in [5.41, 5.74) is -0.136. The molecule has 2 fully saturated rings. The van der Waals surface area contributed by atoms with Gasteiger partial charge < -0.3 is 10.1 Å². The van der Waals surface area contributed by atoms with E-state index in [0.29, 0.717) is 23.7 Å². The van der Waals surface area contributed by atoms with E-state index in [1.165, 1.54) is 12.8 Å². The maximum absolute atomic E-state index is 12.2. The Balaban J connectivity index is 1.60. The third-order valence-electron chi connectivity index (χ3n) is 3.89. The molecule has 1 aliphatic carbocycles. The Morgan fingerprint density at radius 1 is 1.43 bits per heavy atom. The number of ether oxygens (including phenoxy) is 1. The molecule has 1 heterocycles. The molecule has 5 heteroatoms. The molecule has 1 saturated carbocycles. The summed E-state index contributed by atoms with van der Waals surface area (Å²) in [4.78, 5) is 12.2. The third-order valence-corrected chi connectivity index (χ3v) is 5.08. The van der Waals surface area contributed by atoms with Crippen LogP contribution >= 0.6 is 11.8 Å². The van der Waals surface area contributed by atoms with Crippen LogP contribution in [0.1, 0.15) is 29.6 Å². The molecule has 110 valence electrons. The van der Waals surface area contributed by atoms with E-state index in [0.717, 1.165) is 18.1 Å². The lowest BCUT2D eigenvalue weighted by atomic mass is 10.0. The number of rotatable bonds is 5. The number of hydrogen-bond acceptors (Lipinski definition) is 4. The van der Waals surface area contributed by atoms with Gasteiger partial charge in [0.25, 0.3) is 5.91 Å². The Bertz CT molecular complexity index is 555. The summed E-state index contributed by atoms with van der Waals surface area (Å²) in [5.74, 6) is 2.90. The lowest BCUT2D eigenvalue weighted by molar-refractivity contribution is 0.0926. The van der Waals surface area contributed by atoms with Crippen molar-refractivity contribution < 1.29 is 9.53 Å². The molecular formula is C16H18N2O2S. The number of thioether (sulfide) groups is 1. The van der Waals surface area contributed by atoms with Gasteiger partial charge in [-0.1, -0.05) is 0 Å². The SMILES string of the molecule is N#C[C@@]1(NC(=O)c2ccc(OCC3CC3)cc2)CCSC1. The van der Waals surface area contributed by atoms with Crippen LogP contribution in [-0.2, 0) is 0 Å². The fourth-order valence-corrected chi connectivity index (χ4v) is 3.54. The van der Waals surface area contributed by atoms with Gasteiger partial charge in [0, 0.05) is 11.3 Å². The number of carbonyl (C=O) groups excluding carboxylic acids is 1. The molecule has 2 aliphatic rings. The first kappa shape index (κ1) is 14.3. The Hall–Kier alpha value is -1.67. The van der Waals surface area contributed by atoms with Gasteiger partial charge in [-0.3, -0.25) is 4.79 Å². The van der Waals surface area contributed by atoms with Crippen molar-refractivity contribution in [3.63, 3.8) is 0 Å². The lowest BCUT2D eigenvalue weighted by Crippen LogP contribution is -2.47. The van der Waals surface area contributed by atoms with Crippen molar-refractivity contribution in [1.29, 1.82) is 5.26 Å². The zero-order valence-electron chi connectivity index (χ0n) is 11.8. The van der Waals surface area contributed by atoms with Gasteiger partial charge in [-0.25, -0.2) is 0 Å². The molecule has 0 radical (unpaired) electrons. The second-order valence-corrected chi connectivity index (χ2v) is 6.83. The largest absolute Gasteiger partial charge is 0.493 e. The van der Waals surface area contributed by atoms with Crippen molar-refractivity contribution in [1.82, 2.24) is 5.32 Å². The van der Waals surface area contributed by atoms with Crippen LogP contribution in [0.3, 0.4) is 0 Å². The number of hydrogen-bond donors (Lipinski definition) is 1. The number of carbonyl (C=O) groups is 1. The van der Waals surface area contributed by atoms with Crippen molar-refractivity contribution in [2.75, 3.05) is 18.1 Å². The second kappa shape index (κ2) is 5.98. The van der Waals surface area contributed by atoms with Crippen molar-refractivity contribution in [3.05, 3.63) is 29.8 Å². The van der Waals surface area contributed by atoms with Crippen molar-refractivity contribution in [3.8, 4) is 11.8 Å². The van der Waals surface area contributed by atoms with Gasteiger partial charge in [0.05, 0.1) is 12.7 Å². The monoisotopic (exact) mass is 302 g/mol. The molecule has 1 amide bonds. The Morgan fingerprint density at radius 2 is 2.19 bits per heavy atom. The van der Waals surface area contributed by atoms with E-state index in [1.807, 2.05) is 12.1 Å². The van der Waals surface area contributed by atoms with Gasteiger partial charge in [0.2, 0.25) is 0 Å². The van der Waals surface area contributed by atoms with Gasteiger partial charge in [0.1, 0.15) is 11.3 Å². The fraction of sp³-hybridized carbons (Fsp3) is 0.500. The van der Waals surface area contributed by atoms with E-state index in [9.17, 15) is 10.1 Å². The van der Waals surface area contributed by atoms with Gasteiger partial charge in [-0.15, -0.1) is 0 Å². The minimum atomic E-state index is -0.705. The summed E-state index contributed by atoms with van der Waals surface area (Å²) in [7, 11) is 0. The number of nitrogens with one attached hydrogen (secondary N) is 1. The molecule has 1 atom stereocenters. The van der Waals surface area contributed by atoms with Gasteiger partial charge in [-0.2, -0.15) is 17.0 Å². The van der Waals surface area contributed by atoms with E-state index >= 15 is 0 Å². The summed E-state index contributed by atoms with van der Waals surface area (Å²) in [6, 6.07) is 9.40. The van der Waals surface area contributed by atoms with Gasteiger partial charge in [0.15, 0.2) is 0 Å². The van der Waals surface area contributed by atoms with Crippen LogP contribution in [-0.4, -0.2) is 29.6 Å². The first-order valence-electron chi connectivity index (χ1n) is 7.25. The average Bonchev–Trinajstić information content (AvgIpc) is 3.24. The van der Waals surface area contributed by atoms with E-state index in [-0.39, 0.29) is 5.91 Å². The molecule has 0 bridgehead atoms. The van der Waals surface area contributed by atoms with Crippen LogP contribution in [0.25, 0.3) is 0 Å². The molecule has 1 saturated heterocycles. The average molecular weight is 302 g/mol. The topological polar surface area (TPSA) is 62.1 Å². The van der Waals surface area contributed by atoms with Crippen LogP contribution < -0.4 is 10.1 Å². The molecule has 0 unspecified atom stereocenters. The van der Waals surface area contributed by atoms with Crippen LogP contribution in [0, 0.1) is 17.2 Å². The summed E-state index contributed by atoms with van der Waals surface area (Å²) >= 11 is 1.70. The highest BCUT2D eigenvalue weighted by Gasteiger charge is 2.36. The Morgan fingerprint density at radius 3 is 2.76 bits per heavy atom. The molecule has 1 aliphatic heterocycles. The molecule has 1 aromatic rings. The predicted octanol–water partition coefficient (Wildman–Crippen LogP) is 2.60. The predicted molar refractivity (Wildman–Crippen MR) is 82.4 cm³/mol. The second-order valence-electron chi connectivity index (χ2n) is 5.73. The number of nitrogens with zero attached hydrogens (tertiary/aromatic N) is 1. The van der Waals surface area contributed by atoms with Crippen molar-refractivity contribution in [2.45, 2.75) is 24.8 Å². The maximum atomic E-state index is 12.2. The minimum absolute atomic E-state index is 0.187. The van der Waals surface area contributed by atoms with Crippen LogP contribution in [0.5, 0.6) is 5.75 Å². The standard InChI is InChI=1S/C16H18N2O2S/c17-10-16(7-8-21-11-16)18-15(19)13-3-5-14(6-4-13)20-9-12-1-2-12/h3-6,12H,1-2,7-9,11H2,(H,18,19)/t16-/m0/s1. The maximum Gasteiger partial charge on any atom is 0.252 e. The zero-order valence-corrected chi connectivity index (χ0v) is 12.6. The number of benzene rings is 1. The summed E-state index contributed by atoms with van der Waals surface area (Å²) in [5, 5.41) is 12.2. The fourth-order valence-electron chi connectivity index (χ4n) is 2.27. The normalized spacial score (nSPS) is 24.3. The molecule has 1 aromatic carbocycles. The minimum Gasteiger partial charge on any atom is -0.493 e. The third kappa shape index (κ3) is 3.51. The summed E-state index contributed by atoms with van der Waals surface area (Å²) in [6.07, 6.45) is 3.23. The zero-order chi connectivity index (χ0) is 14.7. The summed E-state index contributed by atoms with van der Waals surface area (Å²) in [6.45, 7) is 0.764. The van der Waals surface area contributed by atoms with Crippen molar-refractivity contribution >= 4 is 17.7 Å². The van der Waals surface area contributed by atoms with Crippen LogP contribution in [0.15, 0.2) is 24.3 Å². The molecule has 0 spiro atoms. The molecule has 4 nitrogen and oxygen atoms in total. The quantitative estimate of drug-likeness (QED) is 0.908. The number of nitriles is 1. The van der Waals surface area contributed by atoms with Crippen LogP contribution in [0.2, 0.25) is 0 Å². The molecule has 21 heavy (non-hydrogen) atoms. The van der Waals surface area contributed by atoms with E-state index in [2.05, 4.69) is 11.4 Å². The molecular weight excluding hydrogens is 284 g/mol. The Labute approximate surface area is 128 Å². The highest BCUT2D eigenvalue weighted by molar-refractivity contribution is 7.99. The molecule has 0 aromatic heterocycles. The Kier molecular flexibility index (Phi) is 4.07.